The molecular formula is C31H35ClN2O6. The number of methoxy groups -OCH3 is 2. The van der Waals surface area contributed by atoms with Gasteiger partial charge in [0, 0.05) is 41.9 Å². The predicted octanol–water partition coefficient (Wildman–Crippen LogP) is 6.19. The quantitative estimate of drug-likeness (QED) is 0.350. The number of carboxylic acids is 1. The lowest BCUT2D eigenvalue weighted by molar-refractivity contribution is -0.145. The lowest BCUT2D eigenvalue weighted by atomic mass is 9.85. The first-order valence-corrected chi connectivity index (χ1v) is 14.0. The van der Waals surface area contributed by atoms with Gasteiger partial charge in [0.25, 0.3) is 0 Å². The van der Waals surface area contributed by atoms with Crippen LogP contribution in [0.1, 0.15) is 67.6 Å². The predicted molar refractivity (Wildman–Crippen MR) is 151 cm³/mol. The average molecular weight is 567 g/mol. The molecule has 8 nitrogen and oxygen atoms in total. The first-order valence-electron chi connectivity index (χ1n) is 13.6. The number of fused-ring (bicyclic) bond motifs is 3. The highest BCUT2D eigenvalue weighted by molar-refractivity contribution is 6.30. The molecule has 1 N–H and O–H groups in total. The number of ether oxygens (including phenoxy) is 3. The van der Waals surface area contributed by atoms with Crippen LogP contribution in [0, 0.1) is 5.92 Å². The third-order valence-corrected chi connectivity index (χ3v) is 8.45. The van der Waals surface area contributed by atoms with E-state index in [2.05, 4.69) is 4.57 Å². The van der Waals surface area contributed by atoms with E-state index in [0.717, 1.165) is 35.3 Å². The molecular weight excluding hydrogens is 532 g/mol. The molecule has 1 aromatic heterocycles. The summed E-state index contributed by atoms with van der Waals surface area (Å²) in [4.78, 5) is 26.6. The number of para-hydroxylation sites is 1. The highest BCUT2D eigenvalue weighted by Crippen LogP contribution is 2.46. The summed E-state index contributed by atoms with van der Waals surface area (Å²) in [5.41, 5.74) is 3.55. The van der Waals surface area contributed by atoms with Crippen molar-refractivity contribution < 1.29 is 28.9 Å². The van der Waals surface area contributed by atoms with Crippen LogP contribution in [0.5, 0.6) is 11.5 Å². The highest BCUT2D eigenvalue weighted by Gasteiger charge is 2.35. The van der Waals surface area contributed by atoms with Crippen LogP contribution < -0.4 is 9.47 Å². The Kier molecular flexibility index (Phi) is 8.38. The number of hydrogen-bond acceptors (Lipinski definition) is 5. The molecule has 0 unspecified atom stereocenters. The summed E-state index contributed by atoms with van der Waals surface area (Å²) in [6.07, 6.45) is 4.56. The lowest BCUT2D eigenvalue weighted by Gasteiger charge is -2.34. The summed E-state index contributed by atoms with van der Waals surface area (Å²) in [7, 11) is 4.99. The van der Waals surface area contributed by atoms with Gasteiger partial charge in [-0.15, -0.1) is 0 Å². The number of rotatable bonds is 8. The molecule has 40 heavy (non-hydrogen) atoms. The van der Waals surface area contributed by atoms with Gasteiger partial charge in [0.1, 0.15) is 6.10 Å². The maximum absolute atomic E-state index is 13.4. The van der Waals surface area contributed by atoms with Crippen molar-refractivity contribution in [2.75, 3.05) is 21.3 Å². The zero-order chi connectivity index (χ0) is 28.4. The van der Waals surface area contributed by atoms with E-state index >= 15 is 0 Å². The Hall–Kier alpha value is -3.49. The van der Waals surface area contributed by atoms with Gasteiger partial charge in [0.05, 0.1) is 37.6 Å². The molecule has 1 saturated carbocycles. The lowest BCUT2D eigenvalue weighted by Crippen LogP contribution is -2.41. The topological polar surface area (TPSA) is 90.2 Å². The van der Waals surface area contributed by atoms with Gasteiger partial charge in [-0.3, -0.25) is 9.59 Å². The van der Waals surface area contributed by atoms with Crippen LogP contribution in [0.2, 0.25) is 5.02 Å². The number of aromatic nitrogens is 1. The summed E-state index contributed by atoms with van der Waals surface area (Å²) >= 11 is 6.49. The average Bonchev–Trinajstić information content (AvgIpc) is 3.41. The van der Waals surface area contributed by atoms with E-state index in [-0.39, 0.29) is 18.4 Å². The first kappa shape index (κ1) is 28.1. The molecule has 9 heteroatoms. The van der Waals surface area contributed by atoms with E-state index in [1.807, 2.05) is 54.7 Å². The molecule has 1 fully saturated rings. The molecule has 2 aromatic carbocycles. The molecule has 0 spiro atoms. The van der Waals surface area contributed by atoms with Gasteiger partial charge in [0.2, 0.25) is 5.91 Å². The number of carbonyl (C=O) groups is 2. The van der Waals surface area contributed by atoms with Crippen molar-refractivity contribution >= 4 is 23.5 Å². The van der Waals surface area contributed by atoms with Crippen molar-refractivity contribution in [1.82, 2.24) is 9.47 Å². The second kappa shape index (κ2) is 11.9. The summed E-state index contributed by atoms with van der Waals surface area (Å²) in [6.45, 7) is 0. The van der Waals surface area contributed by atoms with Crippen LogP contribution in [-0.2, 0) is 14.3 Å². The van der Waals surface area contributed by atoms with Crippen molar-refractivity contribution in [2.24, 2.45) is 5.92 Å². The Bertz CT molecular complexity index is 1390. The minimum absolute atomic E-state index is 0.0157. The molecule has 1 aliphatic heterocycles. The Morgan fingerprint density at radius 2 is 1.93 bits per heavy atom. The van der Waals surface area contributed by atoms with Gasteiger partial charge < -0.3 is 28.8 Å². The Labute approximate surface area is 239 Å². The molecule has 2 heterocycles. The van der Waals surface area contributed by atoms with E-state index in [1.54, 1.807) is 26.2 Å². The molecule has 0 radical (unpaired) electrons. The Balaban J connectivity index is 1.45. The van der Waals surface area contributed by atoms with Crippen molar-refractivity contribution in [3.05, 3.63) is 76.6 Å². The van der Waals surface area contributed by atoms with E-state index in [9.17, 15) is 14.7 Å². The number of nitrogens with zero attached hydrogens (tertiary/aromatic N) is 2. The molecule has 212 valence electrons. The fourth-order valence-corrected chi connectivity index (χ4v) is 6.27. The number of aliphatic carboxylic acids is 1. The van der Waals surface area contributed by atoms with E-state index in [4.69, 9.17) is 25.8 Å². The van der Waals surface area contributed by atoms with Crippen LogP contribution in [0.25, 0.3) is 5.69 Å². The molecule has 0 bridgehead atoms. The summed E-state index contributed by atoms with van der Waals surface area (Å²) in [5.74, 6) is -0.0230. The van der Waals surface area contributed by atoms with Gasteiger partial charge >= 0.3 is 5.97 Å². The van der Waals surface area contributed by atoms with E-state index in [0.29, 0.717) is 35.8 Å². The Morgan fingerprint density at radius 1 is 1.10 bits per heavy atom. The number of carbonyl (C=O) groups excluding carboxylic acids is 1. The van der Waals surface area contributed by atoms with Gasteiger partial charge in [-0.25, -0.2) is 0 Å². The van der Waals surface area contributed by atoms with E-state index in [1.165, 1.54) is 0 Å². The van der Waals surface area contributed by atoms with Gasteiger partial charge in [-0.2, -0.15) is 0 Å². The zero-order valence-corrected chi connectivity index (χ0v) is 23.8. The minimum Gasteiger partial charge on any atom is -0.493 e. The van der Waals surface area contributed by atoms with Crippen LogP contribution in [0.3, 0.4) is 0 Å². The number of carboxylic acid groups (broad SMARTS) is 1. The maximum Gasteiger partial charge on any atom is 0.306 e. The second-order valence-corrected chi connectivity index (χ2v) is 10.9. The second-order valence-electron chi connectivity index (χ2n) is 10.5. The molecule has 5 rings (SSSR count). The zero-order valence-electron chi connectivity index (χ0n) is 23.0. The highest BCUT2D eigenvalue weighted by atomic mass is 35.5. The number of benzene rings is 2. The molecule has 0 saturated heterocycles. The van der Waals surface area contributed by atoms with Crippen molar-refractivity contribution in [3.63, 3.8) is 0 Å². The minimum atomic E-state index is -0.781. The summed E-state index contributed by atoms with van der Waals surface area (Å²) in [5, 5.41) is 10.1. The van der Waals surface area contributed by atoms with Crippen molar-refractivity contribution in [3.8, 4) is 17.2 Å². The fourth-order valence-electron chi connectivity index (χ4n) is 6.09. The monoisotopic (exact) mass is 566 g/mol. The van der Waals surface area contributed by atoms with Gasteiger partial charge in [-0.1, -0.05) is 30.2 Å². The number of hydrogen-bond donors (Lipinski definition) is 1. The fraction of sp³-hybridized carbons (Fsp3) is 0.419. The maximum atomic E-state index is 13.4. The largest absolute Gasteiger partial charge is 0.493 e. The molecule has 3 aromatic rings. The number of amides is 1. The molecule has 4 atom stereocenters. The van der Waals surface area contributed by atoms with Crippen molar-refractivity contribution in [1.29, 1.82) is 0 Å². The third kappa shape index (κ3) is 5.43. The molecule has 1 aliphatic carbocycles. The summed E-state index contributed by atoms with van der Waals surface area (Å²) < 4.78 is 20.3. The number of halogens is 1. The first-order chi connectivity index (χ1) is 19.3. The van der Waals surface area contributed by atoms with Crippen LogP contribution in [0.4, 0.5) is 0 Å². The standard InChI is InChI=1S/C31H35ClN2O6/c1-33(21-8-4-7-19(17-21)31(36)37)28(35)15-14-26-25-10-6-16-34(25)24-13-12-20(32)18-23(24)29(40-26)22-9-5-11-27(38-2)30(22)39-3/h5-6,9-13,16,18-19,21,26,29H,4,7-8,14-15,17H2,1-3H3,(H,36,37)/t19-,21+,26+,29+/m0/s1. The van der Waals surface area contributed by atoms with E-state index < -0.39 is 24.1 Å². The molecule has 2 aliphatic rings. The van der Waals surface area contributed by atoms with Crippen molar-refractivity contribution in [2.45, 2.75) is 56.8 Å². The molecule has 1 amide bonds. The summed E-state index contributed by atoms with van der Waals surface area (Å²) in [6, 6.07) is 15.4. The van der Waals surface area contributed by atoms with Gasteiger partial charge in [-0.05, 0) is 62.1 Å². The van der Waals surface area contributed by atoms with Gasteiger partial charge in [0.15, 0.2) is 11.5 Å². The SMILES string of the molecule is COc1cccc([C@H]2O[C@H](CCC(=O)N(C)[C@@H]3CCC[C@H](C(=O)O)C3)c3cccn3-c3ccc(Cl)cc32)c1OC. The third-order valence-electron chi connectivity index (χ3n) is 8.22. The normalized spacial score (nSPS) is 22.0. The Morgan fingerprint density at radius 3 is 2.67 bits per heavy atom. The van der Waals surface area contributed by atoms with Crippen LogP contribution in [0.15, 0.2) is 54.7 Å². The smallest absolute Gasteiger partial charge is 0.306 e. The van der Waals surface area contributed by atoms with Crippen LogP contribution in [-0.4, -0.2) is 53.8 Å². The van der Waals surface area contributed by atoms with Crippen LogP contribution >= 0.6 is 11.6 Å².